The standard InChI is InChI=1S/C13H20N2O/c1-4-6-7-16-13-8-11(3)15-10-12(13)9-14-5-2/h4,8,10,14H,1,5-7,9H2,2-3H3. The maximum Gasteiger partial charge on any atom is 0.127 e. The first-order chi connectivity index (χ1) is 7.77. The largest absolute Gasteiger partial charge is 0.493 e. The van der Waals surface area contributed by atoms with Crippen molar-refractivity contribution in [3.8, 4) is 5.75 Å². The molecule has 0 aliphatic heterocycles. The van der Waals surface area contributed by atoms with Gasteiger partial charge in [-0.1, -0.05) is 13.0 Å². The first-order valence-electron chi connectivity index (χ1n) is 5.67. The molecule has 1 aromatic rings. The van der Waals surface area contributed by atoms with Gasteiger partial charge in [0.1, 0.15) is 5.75 Å². The molecule has 1 heterocycles. The van der Waals surface area contributed by atoms with Crippen molar-refractivity contribution in [1.82, 2.24) is 10.3 Å². The second-order valence-corrected chi connectivity index (χ2v) is 3.64. The molecule has 0 aliphatic rings. The summed E-state index contributed by atoms with van der Waals surface area (Å²) >= 11 is 0. The van der Waals surface area contributed by atoms with Gasteiger partial charge in [-0.15, -0.1) is 6.58 Å². The van der Waals surface area contributed by atoms with Crippen molar-refractivity contribution in [3.63, 3.8) is 0 Å². The van der Waals surface area contributed by atoms with Crippen LogP contribution in [0.5, 0.6) is 5.75 Å². The highest BCUT2D eigenvalue weighted by molar-refractivity contribution is 5.32. The maximum absolute atomic E-state index is 5.70. The molecule has 3 heteroatoms. The Morgan fingerprint density at radius 1 is 1.56 bits per heavy atom. The summed E-state index contributed by atoms with van der Waals surface area (Å²) in [6, 6.07) is 1.98. The third-order valence-electron chi connectivity index (χ3n) is 2.23. The maximum atomic E-state index is 5.70. The van der Waals surface area contributed by atoms with E-state index in [0.717, 1.165) is 36.5 Å². The molecule has 0 radical (unpaired) electrons. The van der Waals surface area contributed by atoms with Crippen LogP contribution in [-0.2, 0) is 6.54 Å². The molecular weight excluding hydrogens is 200 g/mol. The van der Waals surface area contributed by atoms with Crippen molar-refractivity contribution in [2.75, 3.05) is 13.2 Å². The normalized spacial score (nSPS) is 10.1. The number of pyridine rings is 1. The van der Waals surface area contributed by atoms with E-state index in [2.05, 4.69) is 23.8 Å². The van der Waals surface area contributed by atoms with Crippen LogP contribution in [0.1, 0.15) is 24.6 Å². The van der Waals surface area contributed by atoms with Crippen LogP contribution in [0.25, 0.3) is 0 Å². The predicted octanol–water partition coefficient (Wildman–Crippen LogP) is 2.45. The highest BCUT2D eigenvalue weighted by atomic mass is 16.5. The lowest BCUT2D eigenvalue weighted by molar-refractivity contribution is 0.320. The van der Waals surface area contributed by atoms with Gasteiger partial charge in [-0.3, -0.25) is 4.98 Å². The van der Waals surface area contributed by atoms with E-state index >= 15 is 0 Å². The minimum atomic E-state index is 0.673. The molecule has 16 heavy (non-hydrogen) atoms. The fourth-order valence-corrected chi connectivity index (χ4v) is 1.34. The summed E-state index contributed by atoms with van der Waals surface area (Å²) in [5, 5.41) is 3.27. The number of ether oxygens (including phenoxy) is 1. The molecular formula is C13H20N2O. The molecule has 1 rings (SSSR count). The molecule has 0 saturated carbocycles. The van der Waals surface area contributed by atoms with Crippen molar-refractivity contribution in [1.29, 1.82) is 0 Å². The number of hydrogen-bond donors (Lipinski definition) is 1. The van der Waals surface area contributed by atoms with Crippen molar-refractivity contribution >= 4 is 0 Å². The Morgan fingerprint density at radius 3 is 3.06 bits per heavy atom. The Labute approximate surface area is 97.5 Å². The Bertz CT molecular complexity index is 337. The smallest absolute Gasteiger partial charge is 0.127 e. The molecule has 0 spiro atoms. The van der Waals surface area contributed by atoms with Gasteiger partial charge in [0.25, 0.3) is 0 Å². The Kier molecular flexibility index (Phi) is 5.57. The van der Waals surface area contributed by atoms with E-state index < -0.39 is 0 Å². The number of nitrogens with one attached hydrogen (secondary N) is 1. The van der Waals surface area contributed by atoms with Crippen LogP contribution in [0, 0.1) is 6.92 Å². The molecule has 0 aliphatic carbocycles. The molecule has 1 aromatic heterocycles. The summed E-state index contributed by atoms with van der Waals surface area (Å²) in [6.45, 7) is 10.1. The number of rotatable bonds is 7. The SMILES string of the molecule is C=CCCOc1cc(C)ncc1CNCC. The van der Waals surface area contributed by atoms with Crippen LogP contribution in [0.2, 0.25) is 0 Å². The van der Waals surface area contributed by atoms with E-state index in [1.165, 1.54) is 0 Å². The molecule has 0 saturated heterocycles. The van der Waals surface area contributed by atoms with Gasteiger partial charge in [0.05, 0.1) is 6.61 Å². The molecule has 1 N–H and O–H groups in total. The van der Waals surface area contributed by atoms with Gasteiger partial charge in [0, 0.05) is 30.1 Å². The quantitative estimate of drug-likeness (QED) is 0.566. The molecule has 3 nitrogen and oxygen atoms in total. The number of hydrogen-bond acceptors (Lipinski definition) is 3. The third kappa shape index (κ3) is 4.03. The molecule has 0 unspecified atom stereocenters. The van der Waals surface area contributed by atoms with E-state index in [-0.39, 0.29) is 0 Å². The van der Waals surface area contributed by atoms with E-state index in [1.54, 1.807) is 0 Å². The molecule has 88 valence electrons. The highest BCUT2D eigenvalue weighted by Crippen LogP contribution is 2.18. The van der Waals surface area contributed by atoms with Gasteiger partial charge in [-0.25, -0.2) is 0 Å². The van der Waals surface area contributed by atoms with Crippen molar-refractivity contribution in [3.05, 3.63) is 36.2 Å². The van der Waals surface area contributed by atoms with Gasteiger partial charge in [-0.05, 0) is 19.9 Å². The average molecular weight is 220 g/mol. The fourth-order valence-electron chi connectivity index (χ4n) is 1.34. The number of aromatic nitrogens is 1. The number of aryl methyl sites for hydroxylation is 1. The van der Waals surface area contributed by atoms with Crippen LogP contribution < -0.4 is 10.1 Å². The van der Waals surface area contributed by atoms with Crippen LogP contribution in [0.15, 0.2) is 24.9 Å². The summed E-state index contributed by atoms with van der Waals surface area (Å²) in [4.78, 5) is 4.28. The van der Waals surface area contributed by atoms with E-state index in [4.69, 9.17) is 4.74 Å². The lowest BCUT2D eigenvalue weighted by Crippen LogP contribution is -2.13. The molecule has 0 aromatic carbocycles. The molecule has 0 atom stereocenters. The summed E-state index contributed by atoms with van der Waals surface area (Å²) < 4.78 is 5.70. The third-order valence-corrected chi connectivity index (χ3v) is 2.23. The van der Waals surface area contributed by atoms with Crippen LogP contribution in [0.4, 0.5) is 0 Å². The van der Waals surface area contributed by atoms with Gasteiger partial charge in [-0.2, -0.15) is 0 Å². The predicted molar refractivity (Wildman–Crippen MR) is 66.7 cm³/mol. The zero-order valence-corrected chi connectivity index (χ0v) is 10.1. The van der Waals surface area contributed by atoms with Gasteiger partial charge in [0.15, 0.2) is 0 Å². The highest BCUT2D eigenvalue weighted by Gasteiger charge is 2.04. The summed E-state index contributed by atoms with van der Waals surface area (Å²) in [5.41, 5.74) is 2.09. The van der Waals surface area contributed by atoms with E-state index in [1.807, 2.05) is 25.3 Å². The van der Waals surface area contributed by atoms with Crippen LogP contribution in [-0.4, -0.2) is 18.1 Å². The van der Waals surface area contributed by atoms with Crippen molar-refractivity contribution in [2.45, 2.75) is 26.8 Å². The van der Waals surface area contributed by atoms with E-state index in [9.17, 15) is 0 Å². The van der Waals surface area contributed by atoms with Crippen LogP contribution >= 0.6 is 0 Å². The zero-order valence-electron chi connectivity index (χ0n) is 10.1. The van der Waals surface area contributed by atoms with E-state index in [0.29, 0.717) is 6.61 Å². The average Bonchev–Trinajstić information content (AvgIpc) is 2.28. The zero-order chi connectivity index (χ0) is 11.8. The minimum absolute atomic E-state index is 0.673. The van der Waals surface area contributed by atoms with Gasteiger partial charge >= 0.3 is 0 Å². The number of nitrogens with zero attached hydrogens (tertiary/aromatic N) is 1. The Hall–Kier alpha value is -1.35. The summed E-state index contributed by atoms with van der Waals surface area (Å²) in [5.74, 6) is 0.926. The monoisotopic (exact) mass is 220 g/mol. The lowest BCUT2D eigenvalue weighted by atomic mass is 10.2. The molecule has 0 fully saturated rings. The topological polar surface area (TPSA) is 34.1 Å². The minimum Gasteiger partial charge on any atom is -0.493 e. The Morgan fingerprint density at radius 2 is 2.38 bits per heavy atom. The Balaban J connectivity index is 2.68. The van der Waals surface area contributed by atoms with Crippen LogP contribution in [0.3, 0.4) is 0 Å². The second kappa shape index (κ2) is 7.01. The van der Waals surface area contributed by atoms with Crippen molar-refractivity contribution < 1.29 is 4.74 Å². The summed E-state index contributed by atoms with van der Waals surface area (Å²) in [6.07, 6.45) is 4.60. The first-order valence-corrected chi connectivity index (χ1v) is 5.67. The molecule has 0 amide bonds. The molecule has 0 bridgehead atoms. The first kappa shape index (κ1) is 12.7. The van der Waals surface area contributed by atoms with Gasteiger partial charge < -0.3 is 10.1 Å². The van der Waals surface area contributed by atoms with Gasteiger partial charge in [0.2, 0.25) is 0 Å². The lowest BCUT2D eigenvalue weighted by Gasteiger charge is -2.11. The summed E-state index contributed by atoms with van der Waals surface area (Å²) in [7, 11) is 0. The van der Waals surface area contributed by atoms with Crippen molar-refractivity contribution in [2.24, 2.45) is 0 Å². The second-order valence-electron chi connectivity index (χ2n) is 3.64. The fraction of sp³-hybridized carbons (Fsp3) is 0.462.